The van der Waals surface area contributed by atoms with Gasteiger partial charge in [-0.15, -0.1) is 0 Å². The second kappa shape index (κ2) is 9.14. The van der Waals surface area contributed by atoms with E-state index in [0.29, 0.717) is 12.5 Å². The number of amides is 1. The summed E-state index contributed by atoms with van der Waals surface area (Å²) >= 11 is 0. The minimum atomic E-state index is -3.60. The van der Waals surface area contributed by atoms with Gasteiger partial charge in [-0.25, -0.2) is 18.1 Å². The average Bonchev–Trinajstić information content (AvgIpc) is 2.62. The Morgan fingerprint density at radius 1 is 1.16 bits per heavy atom. The topological polar surface area (TPSA) is 97.4 Å². The van der Waals surface area contributed by atoms with Crippen LogP contribution in [0.4, 0.5) is 0 Å². The summed E-state index contributed by atoms with van der Waals surface area (Å²) in [5.74, 6) is 0.220. The Bertz CT molecular complexity index is 795. The fraction of sp³-hybridized carbons (Fsp3) is 0.294. The molecule has 2 N–H and O–H groups in total. The van der Waals surface area contributed by atoms with Crippen molar-refractivity contribution in [2.75, 3.05) is 13.2 Å². The number of rotatable bonds is 9. The van der Waals surface area contributed by atoms with E-state index in [1.165, 1.54) is 12.1 Å². The Kier molecular flexibility index (Phi) is 6.91. The Morgan fingerprint density at radius 2 is 1.92 bits per heavy atom. The van der Waals surface area contributed by atoms with E-state index < -0.39 is 10.0 Å². The molecule has 0 aliphatic rings. The lowest BCUT2D eigenvalue weighted by molar-refractivity contribution is -0.121. The highest BCUT2D eigenvalue weighted by molar-refractivity contribution is 7.89. The summed E-state index contributed by atoms with van der Waals surface area (Å²) in [6.45, 7) is 2.64. The molecule has 0 aliphatic carbocycles. The van der Waals surface area contributed by atoms with E-state index in [2.05, 4.69) is 15.0 Å². The highest BCUT2D eigenvalue weighted by Crippen LogP contribution is 2.13. The van der Waals surface area contributed by atoms with Gasteiger partial charge in [0.15, 0.2) is 0 Å². The standard InChI is InChI=1S/C17H21N3O4S/c1-2-24-17-14(7-6-11-18-17)13-19-16(21)10-12-20-25(22,23)15-8-4-3-5-9-15/h3-9,11,20H,2,10,12-13H2,1H3,(H,19,21). The first-order valence-electron chi connectivity index (χ1n) is 7.91. The zero-order valence-electron chi connectivity index (χ0n) is 13.9. The van der Waals surface area contributed by atoms with Crippen molar-refractivity contribution in [1.82, 2.24) is 15.0 Å². The molecule has 1 aromatic heterocycles. The Hall–Kier alpha value is -2.45. The third kappa shape index (κ3) is 5.84. The molecule has 25 heavy (non-hydrogen) atoms. The van der Waals surface area contributed by atoms with Gasteiger partial charge in [-0.3, -0.25) is 4.79 Å². The van der Waals surface area contributed by atoms with Crippen molar-refractivity contribution in [2.24, 2.45) is 0 Å². The number of hydrogen-bond donors (Lipinski definition) is 2. The minimum Gasteiger partial charge on any atom is -0.478 e. The second-order valence-corrected chi connectivity index (χ2v) is 6.91. The lowest BCUT2D eigenvalue weighted by Crippen LogP contribution is -2.30. The van der Waals surface area contributed by atoms with Crippen molar-refractivity contribution in [1.29, 1.82) is 0 Å². The third-order valence-corrected chi connectivity index (χ3v) is 4.78. The first-order chi connectivity index (χ1) is 12.0. The van der Waals surface area contributed by atoms with Crippen LogP contribution in [0.2, 0.25) is 0 Å². The van der Waals surface area contributed by atoms with Crippen molar-refractivity contribution >= 4 is 15.9 Å². The van der Waals surface area contributed by atoms with E-state index in [0.717, 1.165) is 5.56 Å². The van der Waals surface area contributed by atoms with Crippen LogP contribution in [0.1, 0.15) is 18.9 Å². The molecule has 134 valence electrons. The first kappa shape index (κ1) is 18.9. The van der Waals surface area contributed by atoms with Crippen LogP contribution in [0, 0.1) is 0 Å². The van der Waals surface area contributed by atoms with E-state index in [-0.39, 0.29) is 30.3 Å². The minimum absolute atomic E-state index is 0.0222. The summed E-state index contributed by atoms with van der Waals surface area (Å²) in [6, 6.07) is 11.6. The smallest absolute Gasteiger partial charge is 0.240 e. The van der Waals surface area contributed by atoms with Crippen LogP contribution in [0.3, 0.4) is 0 Å². The number of carbonyl (C=O) groups excluding carboxylic acids is 1. The lowest BCUT2D eigenvalue weighted by atomic mass is 10.2. The summed E-state index contributed by atoms with van der Waals surface area (Å²) < 4.78 is 31.9. The molecule has 2 aromatic rings. The molecule has 1 amide bonds. The molecular formula is C17H21N3O4S. The van der Waals surface area contributed by atoms with Gasteiger partial charge in [0.25, 0.3) is 0 Å². The Labute approximate surface area is 147 Å². The molecule has 0 saturated carbocycles. The van der Waals surface area contributed by atoms with E-state index in [9.17, 15) is 13.2 Å². The molecule has 0 atom stereocenters. The number of nitrogens with zero attached hydrogens (tertiary/aromatic N) is 1. The number of aromatic nitrogens is 1. The van der Waals surface area contributed by atoms with Gasteiger partial charge in [0.1, 0.15) is 0 Å². The molecule has 8 heteroatoms. The van der Waals surface area contributed by atoms with Gasteiger partial charge >= 0.3 is 0 Å². The van der Waals surface area contributed by atoms with Gasteiger partial charge in [-0.1, -0.05) is 24.3 Å². The number of nitrogens with one attached hydrogen (secondary N) is 2. The predicted octanol–water partition coefficient (Wildman–Crippen LogP) is 1.47. The van der Waals surface area contributed by atoms with Gasteiger partial charge in [0.2, 0.25) is 21.8 Å². The molecular weight excluding hydrogens is 342 g/mol. The Morgan fingerprint density at radius 3 is 2.64 bits per heavy atom. The first-order valence-corrected chi connectivity index (χ1v) is 9.39. The predicted molar refractivity (Wildman–Crippen MR) is 93.5 cm³/mol. The van der Waals surface area contributed by atoms with Crippen molar-refractivity contribution < 1.29 is 17.9 Å². The molecule has 0 aliphatic heterocycles. The third-order valence-electron chi connectivity index (χ3n) is 3.30. The number of ether oxygens (including phenoxy) is 1. The maximum atomic E-state index is 12.0. The summed E-state index contributed by atoms with van der Waals surface area (Å²) in [7, 11) is -3.60. The second-order valence-electron chi connectivity index (χ2n) is 5.14. The van der Waals surface area contributed by atoms with Crippen molar-refractivity contribution in [3.8, 4) is 5.88 Å². The number of carbonyl (C=O) groups is 1. The monoisotopic (exact) mass is 363 g/mol. The van der Waals surface area contributed by atoms with Gasteiger partial charge < -0.3 is 10.1 Å². The van der Waals surface area contributed by atoms with Crippen molar-refractivity contribution in [3.05, 3.63) is 54.2 Å². The summed E-state index contributed by atoms with van der Waals surface area (Å²) in [5.41, 5.74) is 0.766. The molecule has 0 radical (unpaired) electrons. The fourth-order valence-corrected chi connectivity index (χ4v) is 3.14. The number of pyridine rings is 1. The van der Waals surface area contributed by atoms with Crippen LogP contribution in [-0.4, -0.2) is 32.5 Å². The zero-order valence-corrected chi connectivity index (χ0v) is 14.8. The molecule has 0 saturated heterocycles. The number of hydrogen-bond acceptors (Lipinski definition) is 5. The molecule has 2 rings (SSSR count). The summed E-state index contributed by atoms with van der Waals surface area (Å²) in [4.78, 5) is 16.2. The Balaban J connectivity index is 1.80. The summed E-state index contributed by atoms with van der Waals surface area (Å²) in [6.07, 6.45) is 1.66. The van der Waals surface area contributed by atoms with Crippen molar-refractivity contribution in [3.63, 3.8) is 0 Å². The normalized spacial score (nSPS) is 11.1. The SMILES string of the molecule is CCOc1ncccc1CNC(=O)CCNS(=O)(=O)c1ccccc1. The zero-order chi connectivity index (χ0) is 18.1. The van der Waals surface area contributed by atoms with Crippen LogP contribution in [-0.2, 0) is 21.4 Å². The van der Waals surface area contributed by atoms with Gasteiger partial charge in [0, 0.05) is 31.3 Å². The lowest BCUT2D eigenvalue weighted by Gasteiger charge is -2.10. The molecule has 0 unspecified atom stereocenters. The van der Waals surface area contributed by atoms with Gasteiger partial charge in [0.05, 0.1) is 11.5 Å². The maximum absolute atomic E-state index is 12.0. The van der Waals surface area contributed by atoms with Gasteiger partial charge in [-0.05, 0) is 25.1 Å². The molecule has 0 spiro atoms. The van der Waals surface area contributed by atoms with Gasteiger partial charge in [-0.2, -0.15) is 0 Å². The van der Waals surface area contributed by atoms with Crippen molar-refractivity contribution in [2.45, 2.75) is 24.8 Å². The highest BCUT2D eigenvalue weighted by Gasteiger charge is 2.13. The average molecular weight is 363 g/mol. The molecule has 1 aromatic carbocycles. The molecule has 7 nitrogen and oxygen atoms in total. The fourth-order valence-electron chi connectivity index (χ4n) is 2.09. The van der Waals surface area contributed by atoms with E-state index >= 15 is 0 Å². The van der Waals surface area contributed by atoms with Crippen LogP contribution in [0.5, 0.6) is 5.88 Å². The molecule has 0 fully saturated rings. The van der Waals surface area contributed by atoms with Crippen LogP contribution in [0.15, 0.2) is 53.6 Å². The van der Waals surface area contributed by atoms with E-state index in [1.807, 2.05) is 13.0 Å². The summed E-state index contributed by atoms with van der Waals surface area (Å²) in [5, 5.41) is 2.73. The van der Waals surface area contributed by atoms with Crippen LogP contribution in [0.25, 0.3) is 0 Å². The molecule has 1 heterocycles. The van der Waals surface area contributed by atoms with E-state index in [1.54, 1.807) is 30.5 Å². The number of sulfonamides is 1. The largest absolute Gasteiger partial charge is 0.478 e. The highest BCUT2D eigenvalue weighted by atomic mass is 32.2. The van der Waals surface area contributed by atoms with Crippen LogP contribution >= 0.6 is 0 Å². The molecule has 0 bridgehead atoms. The quantitative estimate of drug-likeness (QED) is 0.703. The maximum Gasteiger partial charge on any atom is 0.240 e. The van der Waals surface area contributed by atoms with E-state index in [4.69, 9.17) is 4.74 Å². The van der Waals surface area contributed by atoms with Crippen LogP contribution < -0.4 is 14.8 Å². The number of benzene rings is 1.